The highest BCUT2D eigenvalue weighted by atomic mass is 19.1. The van der Waals surface area contributed by atoms with E-state index in [9.17, 15) is 9.18 Å². The molecule has 0 radical (unpaired) electrons. The molecule has 0 N–H and O–H groups in total. The van der Waals surface area contributed by atoms with Crippen LogP contribution in [0.1, 0.15) is 37.7 Å². The highest BCUT2D eigenvalue weighted by molar-refractivity contribution is 5.76. The smallest absolute Gasteiger partial charge is 0.222 e. The second-order valence-electron chi connectivity index (χ2n) is 7.31. The fourth-order valence-corrected chi connectivity index (χ4v) is 3.96. The Morgan fingerprint density at radius 1 is 1.17 bits per heavy atom. The van der Waals surface area contributed by atoms with Crippen molar-refractivity contribution in [1.29, 1.82) is 0 Å². The quantitative estimate of drug-likeness (QED) is 0.852. The summed E-state index contributed by atoms with van der Waals surface area (Å²) in [5.74, 6) is 0.282. The number of hydrogen-bond donors (Lipinski definition) is 0. The van der Waals surface area contributed by atoms with E-state index in [0.29, 0.717) is 17.6 Å². The van der Waals surface area contributed by atoms with Gasteiger partial charge in [0.15, 0.2) is 11.6 Å². The van der Waals surface area contributed by atoms with E-state index >= 15 is 0 Å². The number of nitrogens with zero attached hydrogens (tertiary/aromatic N) is 2. The Morgan fingerprint density at radius 3 is 2.58 bits per heavy atom. The summed E-state index contributed by atoms with van der Waals surface area (Å²) in [5.41, 5.74) is 1.41. The van der Waals surface area contributed by atoms with E-state index < -0.39 is 0 Å². The first kappa shape index (κ1) is 17.2. The summed E-state index contributed by atoms with van der Waals surface area (Å²) in [5, 5.41) is 0. The molecule has 24 heavy (non-hydrogen) atoms. The third-order valence-corrected chi connectivity index (χ3v) is 5.81. The van der Waals surface area contributed by atoms with Crippen molar-refractivity contribution in [2.24, 2.45) is 5.41 Å². The summed E-state index contributed by atoms with van der Waals surface area (Å²) >= 11 is 0. The van der Waals surface area contributed by atoms with Gasteiger partial charge in [-0.05, 0) is 61.9 Å². The van der Waals surface area contributed by atoms with Gasteiger partial charge < -0.3 is 9.64 Å². The second kappa shape index (κ2) is 7.09. The Balaban J connectivity index is 1.58. The number of halogens is 1. The van der Waals surface area contributed by atoms with Crippen molar-refractivity contribution in [2.75, 3.05) is 33.8 Å². The van der Waals surface area contributed by atoms with Gasteiger partial charge in [0.05, 0.1) is 7.11 Å². The van der Waals surface area contributed by atoms with Crippen LogP contribution >= 0.6 is 0 Å². The van der Waals surface area contributed by atoms with Gasteiger partial charge in [-0.25, -0.2) is 4.39 Å². The van der Waals surface area contributed by atoms with Crippen molar-refractivity contribution < 1.29 is 13.9 Å². The summed E-state index contributed by atoms with van der Waals surface area (Å²) in [4.78, 5) is 16.2. The maximum atomic E-state index is 13.5. The van der Waals surface area contributed by atoms with Gasteiger partial charge in [-0.1, -0.05) is 6.07 Å². The van der Waals surface area contributed by atoms with Crippen molar-refractivity contribution in [1.82, 2.24) is 9.80 Å². The van der Waals surface area contributed by atoms with E-state index in [1.165, 1.54) is 13.2 Å². The van der Waals surface area contributed by atoms with E-state index in [4.69, 9.17) is 4.74 Å². The zero-order chi connectivity index (χ0) is 17.2. The summed E-state index contributed by atoms with van der Waals surface area (Å²) in [6, 6.07) is 5.10. The Morgan fingerprint density at radius 2 is 1.88 bits per heavy atom. The highest BCUT2D eigenvalue weighted by Gasteiger charge is 2.37. The molecule has 5 heteroatoms. The summed E-state index contributed by atoms with van der Waals surface area (Å²) < 4.78 is 18.6. The molecule has 2 heterocycles. The van der Waals surface area contributed by atoms with Crippen LogP contribution in [0.5, 0.6) is 5.75 Å². The predicted molar refractivity (Wildman–Crippen MR) is 91.4 cm³/mol. The van der Waals surface area contributed by atoms with Crippen LogP contribution in [0.3, 0.4) is 0 Å². The molecule has 0 aromatic heterocycles. The first-order chi connectivity index (χ1) is 11.5. The number of carbonyl (C=O) groups excluding carboxylic acids is 1. The van der Waals surface area contributed by atoms with Crippen LogP contribution in [0.4, 0.5) is 4.39 Å². The molecule has 1 aromatic rings. The number of carbonyl (C=O) groups is 1. The van der Waals surface area contributed by atoms with Gasteiger partial charge in [-0.3, -0.25) is 9.69 Å². The van der Waals surface area contributed by atoms with Gasteiger partial charge in [-0.2, -0.15) is 0 Å². The number of rotatable bonds is 3. The molecule has 4 nitrogen and oxygen atoms in total. The first-order valence-corrected chi connectivity index (χ1v) is 8.80. The SMILES string of the molecule is COc1cc(CN2CCC3(CCC(=O)N(C)CC3)CC2)ccc1F. The maximum Gasteiger partial charge on any atom is 0.222 e. The molecule has 1 amide bonds. The van der Waals surface area contributed by atoms with E-state index in [0.717, 1.165) is 57.4 Å². The molecule has 2 saturated heterocycles. The number of ether oxygens (including phenoxy) is 1. The summed E-state index contributed by atoms with van der Waals surface area (Å²) in [7, 11) is 3.41. The van der Waals surface area contributed by atoms with Crippen LogP contribution in [0.25, 0.3) is 0 Å². The Bertz CT molecular complexity index is 597. The monoisotopic (exact) mass is 334 g/mol. The lowest BCUT2D eigenvalue weighted by Gasteiger charge is -2.41. The standard InChI is InChI=1S/C19H27FN2O2/c1-21-10-7-19(6-5-18(21)23)8-11-22(12-9-19)14-15-3-4-16(20)17(13-15)24-2/h3-4,13H,5-12,14H2,1-2H3. The largest absolute Gasteiger partial charge is 0.494 e. The second-order valence-corrected chi connectivity index (χ2v) is 7.31. The molecule has 2 fully saturated rings. The zero-order valence-electron chi connectivity index (χ0n) is 14.7. The van der Waals surface area contributed by atoms with E-state index in [2.05, 4.69) is 4.90 Å². The molecule has 132 valence electrons. The van der Waals surface area contributed by atoms with Gasteiger partial charge in [0.2, 0.25) is 5.91 Å². The molecule has 1 spiro atoms. The molecular weight excluding hydrogens is 307 g/mol. The minimum absolute atomic E-state index is 0.285. The Labute approximate surface area is 143 Å². The average Bonchev–Trinajstić information content (AvgIpc) is 2.73. The number of benzene rings is 1. The van der Waals surface area contributed by atoms with Crippen LogP contribution in [0.15, 0.2) is 18.2 Å². The maximum absolute atomic E-state index is 13.5. The molecule has 2 aliphatic rings. The predicted octanol–water partition coefficient (Wildman–Crippen LogP) is 3.06. The number of hydrogen-bond acceptors (Lipinski definition) is 3. The molecule has 0 aliphatic carbocycles. The lowest BCUT2D eigenvalue weighted by atomic mass is 9.73. The number of methoxy groups -OCH3 is 1. The molecule has 1 aromatic carbocycles. The fraction of sp³-hybridized carbons (Fsp3) is 0.632. The third-order valence-electron chi connectivity index (χ3n) is 5.81. The van der Waals surface area contributed by atoms with E-state index in [1.54, 1.807) is 6.07 Å². The molecule has 2 aliphatic heterocycles. The van der Waals surface area contributed by atoms with Crippen molar-refractivity contribution in [2.45, 2.75) is 38.6 Å². The molecular formula is C19H27FN2O2. The van der Waals surface area contributed by atoms with Crippen molar-refractivity contribution >= 4 is 5.91 Å². The Hall–Kier alpha value is -1.62. The number of piperidine rings is 1. The number of likely N-dealkylation sites (tertiary alicyclic amines) is 2. The number of amides is 1. The molecule has 0 bridgehead atoms. The van der Waals surface area contributed by atoms with Crippen LogP contribution in [-0.2, 0) is 11.3 Å². The van der Waals surface area contributed by atoms with Crippen LogP contribution < -0.4 is 4.74 Å². The molecule has 3 rings (SSSR count). The summed E-state index contributed by atoms with van der Waals surface area (Å²) in [6.07, 6.45) is 5.12. The highest BCUT2D eigenvalue weighted by Crippen LogP contribution is 2.41. The van der Waals surface area contributed by atoms with Crippen molar-refractivity contribution in [3.05, 3.63) is 29.6 Å². The van der Waals surface area contributed by atoms with E-state index in [1.807, 2.05) is 18.0 Å². The van der Waals surface area contributed by atoms with Gasteiger partial charge >= 0.3 is 0 Å². The van der Waals surface area contributed by atoms with Crippen LogP contribution in [0.2, 0.25) is 0 Å². The fourth-order valence-electron chi connectivity index (χ4n) is 3.96. The first-order valence-electron chi connectivity index (χ1n) is 8.80. The summed E-state index contributed by atoms with van der Waals surface area (Å²) in [6.45, 7) is 3.79. The van der Waals surface area contributed by atoms with Crippen LogP contribution in [0, 0.1) is 11.2 Å². The van der Waals surface area contributed by atoms with Gasteiger partial charge in [0.25, 0.3) is 0 Å². The minimum Gasteiger partial charge on any atom is -0.494 e. The zero-order valence-corrected chi connectivity index (χ0v) is 14.7. The molecule has 0 unspecified atom stereocenters. The molecule has 0 saturated carbocycles. The van der Waals surface area contributed by atoms with Gasteiger partial charge in [0.1, 0.15) is 0 Å². The minimum atomic E-state index is -0.314. The average molecular weight is 334 g/mol. The van der Waals surface area contributed by atoms with E-state index in [-0.39, 0.29) is 11.7 Å². The van der Waals surface area contributed by atoms with Gasteiger partial charge in [-0.15, -0.1) is 0 Å². The van der Waals surface area contributed by atoms with Crippen molar-refractivity contribution in [3.63, 3.8) is 0 Å². The lowest BCUT2D eigenvalue weighted by Crippen LogP contribution is -2.40. The van der Waals surface area contributed by atoms with Crippen molar-refractivity contribution in [3.8, 4) is 5.75 Å². The molecule has 0 atom stereocenters. The Kier molecular flexibility index (Phi) is 5.09. The third kappa shape index (κ3) is 3.72. The van der Waals surface area contributed by atoms with Gasteiger partial charge in [0, 0.05) is 26.6 Å². The normalized spacial score (nSPS) is 21.8. The lowest BCUT2D eigenvalue weighted by molar-refractivity contribution is -0.129. The van der Waals surface area contributed by atoms with Crippen LogP contribution in [-0.4, -0.2) is 49.5 Å². The topological polar surface area (TPSA) is 32.8 Å².